The molecule has 0 aliphatic heterocycles. The fourth-order valence-electron chi connectivity index (χ4n) is 3.43. The molecule has 1 N–H and O–H groups in total. The Morgan fingerprint density at radius 3 is 2.57 bits per heavy atom. The quantitative estimate of drug-likeness (QED) is 0.531. The summed E-state index contributed by atoms with van der Waals surface area (Å²) in [6.45, 7) is 6.11. The van der Waals surface area contributed by atoms with Gasteiger partial charge in [-0.1, -0.05) is 29.8 Å². The van der Waals surface area contributed by atoms with Crippen molar-refractivity contribution in [3.05, 3.63) is 63.1 Å². The summed E-state index contributed by atoms with van der Waals surface area (Å²) in [6.07, 6.45) is 1.69. The van der Waals surface area contributed by atoms with Gasteiger partial charge < -0.3 is 5.32 Å². The van der Waals surface area contributed by atoms with Crippen LogP contribution in [0.25, 0.3) is 21.3 Å². The minimum absolute atomic E-state index is 0.128. The maximum Gasteiger partial charge on any atom is 0.262 e. The Balaban J connectivity index is 1.57. The Morgan fingerprint density at radius 2 is 1.90 bits per heavy atom. The lowest BCUT2D eigenvalue weighted by Crippen LogP contribution is -2.24. The maximum absolute atomic E-state index is 13.1. The van der Waals surface area contributed by atoms with E-state index in [9.17, 15) is 9.59 Å². The van der Waals surface area contributed by atoms with Crippen LogP contribution in [-0.2, 0) is 18.4 Å². The van der Waals surface area contributed by atoms with Crippen LogP contribution in [0, 0.1) is 20.8 Å². The van der Waals surface area contributed by atoms with Crippen LogP contribution < -0.4 is 10.9 Å². The normalized spacial score (nSPS) is 11.2. The number of carbonyl (C=O) groups is 1. The van der Waals surface area contributed by atoms with Crippen LogP contribution in [0.2, 0.25) is 0 Å². The van der Waals surface area contributed by atoms with E-state index in [1.165, 1.54) is 27.8 Å². The van der Waals surface area contributed by atoms with Crippen molar-refractivity contribution in [3.63, 3.8) is 0 Å². The van der Waals surface area contributed by atoms with Gasteiger partial charge in [-0.3, -0.25) is 18.8 Å². The molecule has 3 aromatic heterocycles. The number of thiophene rings is 1. The molecule has 0 bridgehead atoms. The molecule has 30 heavy (non-hydrogen) atoms. The van der Waals surface area contributed by atoms with Crippen LogP contribution in [0.15, 0.2) is 40.8 Å². The van der Waals surface area contributed by atoms with Crippen molar-refractivity contribution in [2.24, 2.45) is 7.05 Å². The van der Waals surface area contributed by atoms with Crippen LogP contribution >= 0.6 is 11.3 Å². The molecule has 0 spiro atoms. The Morgan fingerprint density at radius 1 is 1.17 bits per heavy atom. The molecule has 0 unspecified atom stereocenters. The molecule has 1 amide bonds. The number of nitrogens with one attached hydrogen (secondary N) is 1. The van der Waals surface area contributed by atoms with Crippen molar-refractivity contribution in [2.45, 2.75) is 33.7 Å². The molecular weight excluding hydrogens is 398 g/mol. The number of carbonyl (C=O) groups excluding carboxylic acids is 1. The number of aryl methyl sites for hydroxylation is 4. The standard InChI is InChI=1S/C22H23N5O2S/c1-13-5-7-16(8-6-13)17-11-30-21-19(17)22(29)27(12-23-21)10-9-18(28)24-20-14(2)15(3)25-26(20)4/h5-8,11-12H,9-10H2,1-4H3,(H,24,28). The van der Waals surface area contributed by atoms with Gasteiger partial charge in [0.15, 0.2) is 0 Å². The highest BCUT2D eigenvalue weighted by atomic mass is 32.1. The van der Waals surface area contributed by atoms with Crippen LogP contribution in [0.4, 0.5) is 5.82 Å². The molecule has 0 aliphatic rings. The van der Waals surface area contributed by atoms with Crippen LogP contribution in [0.3, 0.4) is 0 Å². The average Bonchev–Trinajstić information content (AvgIpc) is 3.25. The number of amides is 1. The van der Waals surface area contributed by atoms with E-state index in [0.717, 1.165) is 22.4 Å². The molecule has 0 aliphatic carbocycles. The Kier molecular flexibility index (Phi) is 5.26. The molecule has 0 atom stereocenters. The van der Waals surface area contributed by atoms with Crippen molar-refractivity contribution in [1.82, 2.24) is 19.3 Å². The van der Waals surface area contributed by atoms with Crippen molar-refractivity contribution >= 4 is 33.3 Å². The largest absolute Gasteiger partial charge is 0.311 e. The van der Waals surface area contributed by atoms with Crippen molar-refractivity contribution in [2.75, 3.05) is 5.32 Å². The predicted octanol–water partition coefficient (Wildman–Crippen LogP) is 3.81. The number of anilines is 1. The van der Waals surface area contributed by atoms with Gasteiger partial charge in [-0.2, -0.15) is 5.10 Å². The molecule has 0 fully saturated rings. The number of rotatable bonds is 5. The zero-order valence-corrected chi connectivity index (χ0v) is 18.2. The first-order valence-electron chi connectivity index (χ1n) is 9.69. The van der Waals surface area contributed by atoms with Gasteiger partial charge in [0.1, 0.15) is 10.6 Å². The van der Waals surface area contributed by atoms with E-state index >= 15 is 0 Å². The molecule has 8 heteroatoms. The summed E-state index contributed by atoms with van der Waals surface area (Å²) in [5.41, 5.74) is 4.72. The van der Waals surface area contributed by atoms with Crippen molar-refractivity contribution in [3.8, 4) is 11.1 Å². The SMILES string of the molecule is Cc1ccc(-c2csc3ncn(CCC(=O)Nc4c(C)c(C)nn4C)c(=O)c23)cc1. The zero-order valence-electron chi connectivity index (χ0n) is 17.4. The predicted molar refractivity (Wildman–Crippen MR) is 120 cm³/mol. The highest BCUT2D eigenvalue weighted by Gasteiger charge is 2.15. The first-order valence-corrected chi connectivity index (χ1v) is 10.6. The van der Waals surface area contributed by atoms with Gasteiger partial charge in [0.2, 0.25) is 5.91 Å². The monoisotopic (exact) mass is 421 g/mol. The molecule has 0 radical (unpaired) electrons. The maximum atomic E-state index is 13.1. The van der Waals surface area contributed by atoms with E-state index in [1.807, 2.05) is 50.4 Å². The first kappa shape index (κ1) is 20.0. The summed E-state index contributed by atoms with van der Waals surface area (Å²) >= 11 is 1.45. The summed E-state index contributed by atoms with van der Waals surface area (Å²) in [5.74, 6) is 0.509. The van der Waals surface area contributed by atoms with E-state index < -0.39 is 0 Å². The highest BCUT2D eigenvalue weighted by Crippen LogP contribution is 2.30. The summed E-state index contributed by atoms with van der Waals surface area (Å²) in [6, 6.07) is 8.08. The van der Waals surface area contributed by atoms with Crippen molar-refractivity contribution < 1.29 is 4.79 Å². The summed E-state index contributed by atoms with van der Waals surface area (Å²) in [4.78, 5) is 30.7. The van der Waals surface area contributed by atoms with Crippen LogP contribution in [0.5, 0.6) is 0 Å². The van der Waals surface area contributed by atoms with Gasteiger partial charge in [-0.25, -0.2) is 4.98 Å². The fraction of sp³-hybridized carbons (Fsp3) is 0.273. The zero-order chi connectivity index (χ0) is 21.4. The Labute approximate surface area is 178 Å². The smallest absolute Gasteiger partial charge is 0.262 e. The first-order chi connectivity index (χ1) is 14.3. The second-order valence-electron chi connectivity index (χ2n) is 7.42. The average molecular weight is 422 g/mol. The third kappa shape index (κ3) is 3.66. The molecule has 0 saturated heterocycles. The highest BCUT2D eigenvalue weighted by molar-refractivity contribution is 7.17. The lowest BCUT2D eigenvalue weighted by atomic mass is 10.1. The number of fused-ring (bicyclic) bond motifs is 1. The van der Waals surface area contributed by atoms with Crippen LogP contribution in [-0.4, -0.2) is 25.2 Å². The second-order valence-corrected chi connectivity index (χ2v) is 8.28. The van der Waals surface area contributed by atoms with Gasteiger partial charge in [0.25, 0.3) is 5.56 Å². The van der Waals surface area contributed by atoms with Gasteiger partial charge in [-0.05, 0) is 26.3 Å². The number of benzene rings is 1. The van der Waals surface area contributed by atoms with E-state index in [4.69, 9.17) is 0 Å². The Hall–Kier alpha value is -3.26. The number of hydrogen-bond acceptors (Lipinski definition) is 5. The number of hydrogen-bond donors (Lipinski definition) is 1. The molecule has 0 saturated carbocycles. The molecular formula is C22H23N5O2S. The lowest BCUT2D eigenvalue weighted by Gasteiger charge is -2.09. The minimum atomic E-state index is -0.169. The van der Waals surface area contributed by atoms with E-state index in [0.29, 0.717) is 16.0 Å². The van der Waals surface area contributed by atoms with E-state index in [2.05, 4.69) is 15.4 Å². The molecule has 154 valence electrons. The summed E-state index contributed by atoms with van der Waals surface area (Å²) < 4.78 is 3.16. The fourth-order valence-corrected chi connectivity index (χ4v) is 4.33. The summed E-state index contributed by atoms with van der Waals surface area (Å²) in [7, 11) is 1.79. The van der Waals surface area contributed by atoms with Gasteiger partial charge in [0, 0.05) is 36.5 Å². The number of nitrogens with zero attached hydrogens (tertiary/aromatic N) is 4. The minimum Gasteiger partial charge on any atom is -0.311 e. The van der Waals surface area contributed by atoms with Gasteiger partial charge >= 0.3 is 0 Å². The molecule has 3 heterocycles. The molecule has 1 aromatic carbocycles. The third-order valence-electron chi connectivity index (χ3n) is 5.28. The summed E-state index contributed by atoms with van der Waals surface area (Å²) in [5, 5.41) is 9.77. The molecule has 4 rings (SSSR count). The third-order valence-corrected chi connectivity index (χ3v) is 6.17. The topological polar surface area (TPSA) is 81.8 Å². The van der Waals surface area contributed by atoms with Crippen molar-refractivity contribution in [1.29, 1.82) is 0 Å². The number of aromatic nitrogens is 4. The van der Waals surface area contributed by atoms with E-state index in [-0.39, 0.29) is 24.4 Å². The molecule has 7 nitrogen and oxygen atoms in total. The Bertz CT molecular complexity index is 1300. The van der Waals surface area contributed by atoms with Crippen LogP contribution in [0.1, 0.15) is 23.2 Å². The lowest BCUT2D eigenvalue weighted by molar-refractivity contribution is -0.116. The second kappa shape index (κ2) is 7.87. The van der Waals surface area contributed by atoms with Gasteiger partial charge in [-0.15, -0.1) is 11.3 Å². The van der Waals surface area contributed by atoms with E-state index in [1.54, 1.807) is 11.7 Å². The van der Waals surface area contributed by atoms with Gasteiger partial charge in [0.05, 0.1) is 17.4 Å². The molecule has 4 aromatic rings.